The van der Waals surface area contributed by atoms with Crippen LogP contribution in [0.15, 0.2) is 35.1 Å². The van der Waals surface area contributed by atoms with Crippen molar-refractivity contribution in [3.8, 4) is 0 Å². The third-order valence-electron chi connectivity index (χ3n) is 4.34. The Kier molecular flexibility index (Phi) is 4.19. The smallest absolute Gasteiger partial charge is 0.274 e. The summed E-state index contributed by atoms with van der Waals surface area (Å²) < 4.78 is 14.2. The minimum atomic E-state index is -0.270. The zero-order valence-electron chi connectivity index (χ0n) is 13.7. The van der Waals surface area contributed by atoms with E-state index < -0.39 is 0 Å². The quantitative estimate of drug-likeness (QED) is 0.739. The van der Waals surface area contributed by atoms with Gasteiger partial charge in [-0.05, 0) is 43.6 Å². The maximum atomic E-state index is 12.9. The number of nitrogens with one attached hydrogen (secondary N) is 2. The standard InChI is InChI=1S/C17H19FN6O/c18-13-5-3-12(4-6-13)10-19-16-21-17-20-14(9-15(25)24(17)22-16)11-23-7-1-2-8-23/h3-6,9H,1-2,7-8,10-11H2,(H2,19,20,21,22). The van der Waals surface area contributed by atoms with Gasteiger partial charge in [-0.15, -0.1) is 0 Å². The van der Waals surface area contributed by atoms with Crippen molar-refractivity contribution in [2.45, 2.75) is 25.9 Å². The van der Waals surface area contributed by atoms with E-state index in [1.54, 1.807) is 18.2 Å². The number of benzene rings is 1. The molecule has 1 aliphatic heterocycles. The van der Waals surface area contributed by atoms with E-state index in [0.29, 0.717) is 24.8 Å². The SMILES string of the molecule is O=c1cc(CN2CCCC2)nc2nc(NCc3ccc(F)cc3)[nH]n12. The average molecular weight is 342 g/mol. The van der Waals surface area contributed by atoms with Crippen LogP contribution in [-0.4, -0.2) is 37.6 Å². The Morgan fingerprint density at radius 3 is 2.68 bits per heavy atom. The van der Waals surface area contributed by atoms with Crippen molar-refractivity contribution in [2.75, 3.05) is 18.4 Å². The Morgan fingerprint density at radius 2 is 1.92 bits per heavy atom. The van der Waals surface area contributed by atoms with Crippen LogP contribution in [-0.2, 0) is 13.1 Å². The molecule has 0 atom stereocenters. The average Bonchev–Trinajstić information content (AvgIpc) is 3.24. The molecule has 4 rings (SSSR count). The summed E-state index contributed by atoms with van der Waals surface area (Å²) in [6, 6.07) is 7.76. The Bertz CT molecular complexity index is 926. The van der Waals surface area contributed by atoms with Gasteiger partial charge >= 0.3 is 0 Å². The van der Waals surface area contributed by atoms with Gasteiger partial charge in [-0.3, -0.25) is 14.8 Å². The fourth-order valence-electron chi connectivity index (χ4n) is 3.05. The number of halogens is 1. The second-order valence-corrected chi connectivity index (χ2v) is 6.26. The van der Waals surface area contributed by atoms with Gasteiger partial charge in [0.25, 0.3) is 11.3 Å². The van der Waals surface area contributed by atoms with Crippen LogP contribution in [0.2, 0.25) is 0 Å². The van der Waals surface area contributed by atoms with Crippen LogP contribution in [0.5, 0.6) is 0 Å². The molecule has 8 heteroatoms. The van der Waals surface area contributed by atoms with E-state index >= 15 is 0 Å². The molecule has 1 saturated heterocycles. The third kappa shape index (κ3) is 3.53. The Labute approximate surface area is 143 Å². The van der Waals surface area contributed by atoms with E-state index in [0.717, 1.165) is 24.3 Å². The molecule has 130 valence electrons. The molecule has 1 fully saturated rings. The second kappa shape index (κ2) is 6.64. The summed E-state index contributed by atoms with van der Waals surface area (Å²) in [7, 11) is 0. The highest BCUT2D eigenvalue weighted by Crippen LogP contribution is 2.11. The summed E-state index contributed by atoms with van der Waals surface area (Å²) >= 11 is 0. The van der Waals surface area contributed by atoms with Crippen molar-refractivity contribution < 1.29 is 4.39 Å². The molecule has 0 unspecified atom stereocenters. The molecule has 0 spiro atoms. The highest BCUT2D eigenvalue weighted by molar-refractivity contribution is 5.38. The minimum absolute atomic E-state index is 0.179. The number of aromatic amines is 1. The van der Waals surface area contributed by atoms with Crippen molar-refractivity contribution >= 4 is 11.7 Å². The molecule has 2 N–H and O–H groups in total. The van der Waals surface area contributed by atoms with Gasteiger partial charge in [-0.1, -0.05) is 12.1 Å². The van der Waals surface area contributed by atoms with Gasteiger partial charge in [0, 0.05) is 19.2 Å². The van der Waals surface area contributed by atoms with Gasteiger partial charge in [0.05, 0.1) is 5.69 Å². The van der Waals surface area contributed by atoms with Crippen LogP contribution in [0.25, 0.3) is 5.78 Å². The summed E-state index contributed by atoms with van der Waals surface area (Å²) in [6.07, 6.45) is 2.39. The molecular formula is C17H19FN6O. The molecule has 0 aliphatic carbocycles. The largest absolute Gasteiger partial charge is 0.351 e. The Balaban J connectivity index is 1.51. The van der Waals surface area contributed by atoms with Crippen molar-refractivity contribution in [1.82, 2.24) is 24.5 Å². The number of fused-ring (bicyclic) bond motifs is 1. The van der Waals surface area contributed by atoms with Crippen molar-refractivity contribution in [3.63, 3.8) is 0 Å². The fourth-order valence-corrected chi connectivity index (χ4v) is 3.05. The number of hydrogen-bond acceptors (Lipinski definition) is 5. The van der Waals surface area contributed by atoms with Gasteiger partial charge in [-0.25, -0.2) is 9.37 Å². The van der Waals surface area contributed by atoms with Crippen molar-refractivity contribution in [2.24, 2.45) is 0 Å². The highest BCUT2D eigenvalue weighted by atomic mass is 19.1. The molecule has 0 saturated carbocycles. The van der Waals surface area contributed by atoms with E-state index in [1.165, 1.54) is 29.5 Å². The van der Waals surface area contributed by atoms with E-state index in [2.05, 4.69) is 25.3 Å². The molecule has 3 heterocycles. The summed E-state index contributed by atoms with van der Waals surface area (Å²) in [5, 5.41) is 5.99. The number of nitrogens with zero attached hydrogens (tertiary/aromatic N) is 4. The molecule has 1 aliphatic rings. The first-order valence-corrected chi connectivity index (χ1v) is 8.37. The first-order chi connectivity index (χ1) is 12.2. The number of likely N-dealkylation sites (tertiary alicyclic amines) is 1. The molecule has 0 amide bonds. The molecule has 1 aromatic carbocycles. The van der Waals surface area contributed by atoms with Crippen LogP contribution < -0.4 is 10.9 Å². The lowest BCUT2D eigenvalue weighted by Crippen LogP contribution is -2.22. The molecule has 2 aromatic heterocycles. The maximum Gasteiger partial charge on any atom is 0.274 e. The zero-order valence-corrected chi connectivity index (χ0v) is 13.7. The number of rotatable bonds is 5. The number of hydrogen-bond donors (Lipinski definition) is 2. The lowest BCUT2D eigenvalue weighted by atomic mass is 10.2. The number of anilines is 1. The van der Waals surface area contributed by atoms with Crippen LogP contribution in [0.1, 0.15) is 24.1 Å². The summed E-state index contributed by atoms with van der Waals surface area (Å²) in [5.74, 6) is 0.532. The molecule has 7 nitrogen and oxygen atoms in total. The third-order valence-corrected chi connectivity index (χ3v) is 4.34. The van der Waals surface area contributed by atoms with Crippen LogP contribution in [0.4, 0.5) is 10.3 Å². The summed E-state index contributed by atoms with van der Waals surface area (Å²) in [6.45, 7) is 3.24. The lowest BCUT2D eigenvalue weighted by molar-refractivity contribution is 0.327. The van der Waals surface area contributed by atoms with Crippen LogP contribution in [0, 0.1) is 5.82 Å². The van der Waals surface area contributed by atoms with E-state index in [-0.39, 0.29) is 11.4 Å². The maximum absolute atomic E-state index is 12.9. The van der Waals surface area contributed by atoms with Gasteiger partial charge < -0.3 is 5.32 Å². The summed E-state index contributed by atoms with van der Waals surface area (Å²) in [4.78, 5) is 23.4. The highest BCUT2D eigenvalue weighted by Gasteiger charge is 2.14. The molecular weight excluding hydrogens is 323 g/mol. The monoisotopic (exact) mass is 342 g/mol. The normalized spacial score (nSPS) is 15.1. The molecule has 0 bridgehead atoms. The summed E-state index contributed by atoms with van der Waals surface area (Å²) in [5.41, 5.74) is 1.47. The molecule has 3 aromatic rings. The van der Waals surface area contributed by atoms with Crippen LogP contribution >= 0.6 is 0 Å². The van der Waals surface area contributed by atoms with E-state index in [4.69, 9.17) is 0 Å². The second-order valence-electron chi connectivity index (χ2n) is 6.26. The van der Waals surface area contributed by atoms with Gasteiger partial charge in [0.2, 0.25) is 5.95 Å². The predicted octanol–water partition coefficient (Wildman–Crippen LogP) is 1.76. The lowest BCUT2D eigenvalue weighted by Gasteiger charge is -2.12. The predicted molar refractivity (Wildman–Crippen MR) is 91.8 cm³/mol. The Morgan fingerprint density at radius 1 is 1.16 bits per heavy atom. The van der Waals surface area contributed by atoms with Gasteiger partial charge in [0.15, 0.2) is 0 Å². The molecule has 25 heavy (non-hydrogen) atoms. The minimum Gasteiger partial charge on any atom is -0.351 e. The molecule has 0 radical (unpaired) electrons. The number of H-pyrrole nitrogens is 1. The fraction of sp³-hybridized carbons (Fsp3) is 0.353. The van der Waals surface area contributed by atoms with Crippen molar-refractivity contribution in [3.05, 3.63) is 57.8 Å². The number of aromatic nitrogens is 4. The topological polar surface area (TPSA) is 78.3 Å². The van der Waals surface area contributed by atoms with Gasteiger partial charge in [-0.2, -0.15) is 9.50 Å². The zero-order chi connectivity index (χ0) is 17.2. The Hall–Kier alpha value is -2.74. The first-order valence-electron chi connectivity index (χ1n) is 8.37. The van der Waals surface area contributed by atoms with E-state index in [1.807, 2.05) is 0 Å². The van der Waals surface area contributed by atoms with Gasteiger partial charge in [0.1, 0.15) is 5.82 Å². The van der Waals surface area contributed by atoms with E-state index in [9.17, 15) is 9.18 Å². The van der Waals surface area contributed by atoms with Crippen LogP contribution in [0.3, 0.4) is 0 Å². The van der Waals surface area contributed by atoms with Crippen molar-refractivity contribution in [1.29, 1.82) is 0 Å². The first kappa shape index (κ1) is 15.8.